The van der Waals surface area contributed by atoms with E-state index in [-0.39, 0.29) is 5.97 Å². The monoisotopic (exact) mass is 252 g/mol. The maximum Gasteiger partial charge on any atom is 0.308 e. The van der Waals surface area contributed by atoms with Gasteiger partial charge in [0.15, 0.2) is 0 Å². The van der Waals surface area contributed by atoms with E-state index in [1.807, 2.05) is 36.4 Å². The van der Waals surface area contributed by atoms with Crippen molar-refractivity contribution in [2.75, 3.05) is 0 Å². The third kappa shape index (κ3) is 2.33. The molecule has 3 rings (SSSR count). The predicted octanol–water partition coefficient (Wildman–Crippen LogP) is 3.16. The summed E-state index contributed by atoms with van der Waals surface area (Å²) >= 11 is 0. The van der Waals surface area contributed by atoms with Crippen molar-refractivity contribution in [2.24, 2.45) is 0 Å². The zero-order valence-electron chi connectivity index (χ0n) is 10.4. The summed E-state index contributed by atoms with van der Waals surface area (Å²) in [5, 5.41) is 0. The minimum Gasteiger partial charge on any atom is -0.427 e. The van der Waals surface area contributed by atoms with Crippen molar-refractivity contribution in [1.82, 2.24) is 9.97 Å². The summed E-state index contributed by atoms with van der Waals surface area (Å²) in [6.07, 6.45) is 0. The Hall–Kier alpha value is -2.62. The molecule has 1 N–H and O–H groups in total. The van der Waals surface area contributed by atoms with Crippen LogP contribution in [-0.4, -0.2) is 15.9 Å². The van der Waals surface area contributed by atoms with Crippen molar-refractivity contribution in [3.05, 3.63) is 48.5 Å². The normalized spacial score (nSPS) is 10.6. The van der Waals surface area contributed by atoms with Crippen LogP contribution >= 0.6 is 0 Å². The molecule has 0 fully saturated rings. The van der Waals surface area contributed by atoms with E-state index in [9.17, 15) is 4.79 Å². The Labute approximate surface area is 110 Å². The van der Waals surface area contributed by atoms with Crippen LogP contribution in [0.5, 0.6) is 5.75 Å². The number of carbonyl (C=O) groups is 1. The summed E-state index contributed by atoms with van der Waals surface area (Å²) in [6, 6.07) is 15.2. The molecule has 0 amide bonds. The van der Waals surface area contributed by atoms with Gasteiger partial charge < -0.3 is 9.72 Å². The first-order chi connectivity index (χ1) is 9.22. The van der Waals surface area contributed by atoms with Crippen molar-refractivity contribution >= 4 is 17.0 Å². The van der Waals surface area contributed by atoms with Gasteiger partial charge in [-0.05, 0) is 12.1 Å². The Morgan fingerprint density at radius 2 is 1.95 bits per heavy atom. The fourth-order valence-electron chi connectivity index (χ4n) is 1.95. The number of carbonyl (C=O) groups excluding carboxylic acids is 1. The number of H-pyrrole nitrogens is 1. The van der Waals surface area contributed by atoms with Crippen molar-refractivity contribution in [3.63, 3.8) is 0 Å². The molecule has 0 saturated heterocycles. The number of fused-ring (bicyclic) bond motifs is 1. The summed E-state index contributed by atoms with van der Waals surface area (Å²) in [4.78, 5) is 18.7. The minimum absolute atomic E-state index is 0.335. The molecule has 0 aliphatic rings. The van der Waals surface area contributed by atoms with E-state index in [2.05, 4.69) is 9.97 Å². The van der Waals surface area contributed by atoms with Gasteiger partial charge in [0.05, 0.1) is 11.0 Å². The Morgan fingerprint density at radius 3 is 2.68 bits per heavy atom. The number of nitrogens with zero attached hydrogens (tertiary/aromatic N) is 1. The van der Waals surface area contributed by atoms with Gasteiger partial charge in [-0.2, -0.15) is 0 Å². The largest absolute Gasteiger partial charge is 0.427 e. The molecule has 3 aromatic rings. The van der Waals surface area contributed by atoms with Gasteiger partial charge in [0.25, 0.3) is 0 Å². The third-order valence-corrected chi connectivity index (χ3v) is 2.76. The number of hydrogen-bond donors (Lipinski definition) is 1. The fraction of sp³-hybridized carbons (Fsp3) is 0.0667. The number of aromatic nitrogens is 2. The topological polar surface area (TPSA) is 55.0 Å². The molecule has 1 aromatic heterocycles. The Balaban J connectivity index is 2.04. The number of ether oxygens (including phenoxy) is 1. The molecule has 19 heavy (non-hydrogen) atoms. The first kappa shape index (κ1) is 11.5. The van der Waals surface area contributed by atoms with Crippen LogP contribution in [0, 0.1) is 0 Å². The molecule has 0 aliphatic heterocycles. The molecule has 0 saturated carbocycles. The smallest absolute Gasteiger partial charge is 0.308 e. The average Bonchev–Trinajstić information content (AvgIpc) is 2.82. The molecule has 4 heteroatoms. The Morgan fingerprint density at radius 1 is 1.16 bits per heavy atom. The standard InChI is InChI=1S/C15H12N2O2/c1-10(18)19-12-7-8-13-14(9-12)17-15(16-13)11-5-3-2-4-6-11/h2-9H,1H3,(H,16,17). The molecule has 0 radical (unpaired) electrons. The van der Waals surface area contributed by atoms with Crippen molar-refractivity contribution in [1.29, 1.82) is 0 Å². The van der Waals surface area contributed by atoms with Gasteiger partial charge in [0.2, 0.25) is 0 Å². The highest BCUT2D eigenvalue weighted by atomic mass is 16.5. The number of hydrogen-bond acceptors (Lipinski definition) is 3. The van der Waals surface area contributed by atoms with Gasteiger partial charge >= 0.3 is 5.97 Å². The number of imidazole rings is 1. The summed E-state index contributed by atoms with van der Waals surface area (Å²) in [5.74, 6) is 0.972. The zero-order valence-corrected chi connectivity index (χ0v) is 10.4. The second kappa shape index (κ2) is 4.57. The Bertz CT molecular complexity index is 732. The van der Waals surface area contributed by atoms with Crippen LogP contribution in [0.3, 0.4) is 0 Å². The van der Waals surface area contributed by atoms with E-state index in [1.54, 1.807) is 12.1 Å². The van der Waals surface area contributed by atoms with Gasteiger partial charge in [-0.1, -0.05) is 30.3 Å². The van der Waals surface area contributed by atoms with Crippen LogP contribution in [0.2, 0.25) is 0 Å². The fourth-order valence-corrected chi connectivity index (χ4v) is 1.95. The molecule has 0 unspecified atom stereocenters. The molecule has 2 aromatic carbocycles. The van der Waals surface area contributed by atoms with Crippen molar-refractivity contribution < 1.29 is 9.53 Å². The highest BCUT2D eigenvalue weighted by molar-refractivity contribution is 5.81. The van der Waals surface area contributed by atoms with E-state index < -0.39 is 0 Å². The maximum absolute atomic E-state index is 10.9. The highest BCUT2D eigenvalue weighted by Crippen LogP contribution is 2.23. The molecule has 0 bridgehead atoms. The number of esters is 1. The lowest BCUT2D eigenvalue weighted by molar-refractivity contribution is -0.131. The van der Waals surface area contributed by atoms with Gasteiger partial charge in [-0.15, -0.1) is 0 Å². The van der Waals surface area contributed by atoms with Gasteiger partial charge in [0, 0.05) is 18.6 Å². The predicted molar refractivity (Wildman–Crippen MR) is 72.8 cm³/mol. The third-order valence-electron chi connectivity index (χ3n) is 2.76. The quantitative estimate of drug-likeness (QED) is 0.563. The molecule has 0 atom stereocenters. The zero-order chi connectivity index (χ0) is 13.2. The van der Waals surface area contributed by atoms with Gasteiger partial charge in [-0.3, -0.25) is 4.79 Å². The van der Waals surface area contributed by atoms with Crippen molar-refractivity contribution in [3.8, 4) is 17.1 Å². The summed E-state index contributed by atoms with van der Waals surface area (Å²) < 4.78 is 5.04. The molecular weight excluding hydrogens is 240 g/mol. The van der Waals surface area contributed by atoms with Crippen LogP contribution in [0.1, 0.15) is 6.92 Å². The number of rotatable bonds is 2. The van der Waals surface area contributed by atoms with Crippen LogP contribution < -0.4 is 4.74 Å². The molecule has 0 aliphatic carbocycles. The van der Waals surface area contributed by atoms with Crippen molar-refractivity contribution in [2.45, 2.75) is 6.92 Å². The molecule has 4 nitrogen and oxygen atoms in total. The number of benzene rings is 2. The van der Waals surface area contributed by atoms with Gasteiger partial charge in [-0.25, -0.2) is 4.98 Å². The second-order valence-electron chi connectivity index (χ2n) is 4.22. The van der Waals surface area contributed by atoms with Crippen LogP contribution in [0.25, 0.3) is 22.4 Å². The number of aromatic amines is 1. The first-order valence-corrected chi connectivity index (χ1v) is 5.96. The summed E-state index contributed by atoms with van der Waals surface area (Å²) in [5.41, 5.74) is 2.71. The molecule has 0 spiro atoms. The SMILES string of the molecule is CC(=O)Oc1ccc2[nH]c(-c3ccccc3)nc2c1. The molecule has 94 valence electrons. The molecular formula is C15H12N2O2. The lowest BCUT2D eigenvalue weighted by atomic mass is 10.2. The number of nitrogens with one attached hydrogen (secondary N) is 1. The lowest BCUT2D eigenvalue weighted by Crippen LogP contribution is -2.00. The van der Waals surface area contributed by atoms with E-state index in [0.29, 0.717) is 5.75 Å². The average molecular weight is 252 g/mol. The van der Waals surface area contributed by atoms with Crippen LogP contribution in [0.4, 0.5) is 0 Å². The minimum atomic E-state index is -0.335. The first-order valence-electron chi connectivity index (χ1n) is 5.96. The second-order valence-corrected chi connectivity index (χ2v) is 4.22. The Kier molecular flexibility index (Phi) is 2.76. The summed E-state index contributed by atoms with van der Waals surface area (Å²) in [6.45, 7) is 1.38. The van der Waals surface area contributed by atoms with E-state index >= 15 is 0 Å². The van der Waals surface area contributed by atoms with E-state index in [4.69, 9.17) is 4.74 Å². The highest BCUT2D eigenvalue weighted by Gasteiger charge is 2.06. The van der Waals surface area contributed by atoms with Gasteiger partial charge in [0.1, 0.15) is 11.6 Å². The van der Waals surface area contributed by atoms with Crippen LogP contribution in [-0.2, 0) is 4.79 Å². The van der Waals surface area contributed by atoms with E-state index in [1.165, 1.54) is 6.92 Å². The molecule has 1 heterocycles. The van der Waals surface area contributed by atoms with Crippen LogP contribution in [0.15, 0.2) is 48.5 Å². The van der Waals surface area contributed by atoms with E-state index in [0.717, 1.165) is 22.4 Å². The maximum atomic E-state index is 10.9. The summed E-state index contributed by atoms with van der Waals surface area (Å²) in [7, 11) is 0. The lowest BCUT2D eigenvalue weighted by Gasteiger charge is -1.99.